The second kappa shape index (κ2) is 4.36. The summed E-state index contributed by atoms with van der Waals surface area (Å²) in [6.45, 7) is 2.77. The molecular formula is C11H12ClN3. The summed E-state index contributed by atoms with van der Waals surface area (Å²) in [6.07, 6.45) is 1.74. The van der Waals surface area contributed by atoms with Crippen molar-refractivity contribution >= 4 is 17.3 Å². The van der Waals surface area contributed by atoms with Crippen LogP contribution < -0.4 is 5.32 Å². The third kappa shape index (κ3) is 2.50. The van der Waals surface area contributed by atoms with Crippen LogP contribution in [0.1, 0.15) is 11.3 Å². The summed E-state index contributed by atoms with van der Waals surface area (Å²) in [6, 6.07) is 7.75. The van der Waals surface area contributed by atoms with Crippen molar-refractivity contribution in [3.63, 3.8) is 0 Å². The van der Waals surface area contributed by atoms with E-state index < -0.39 is 0 Å². The minimum Gasteiger partial charge on any atom is -0.379 e. The number of aromatic nitrogens is 2. The molecule has 0 saturated carbocycles. The molecule has 0 unspecified atom stereocenters. The molecule has 15 heavy (non-hydrogen) atoms. The largest absolute Gasteiger partial charge is 0.379 e. The third-order valence-corrected chi connectivity index (χ3v) is 2.46. The zero-order chi connectivity index (χ0) is 10.7. The van der Waals surface area contributed by atoms with E-state index in [2.05, 4.69) is 15.5 Å². The Morgan fingerprint density at radius 1 is 1.40 bits per heavy atom. The van der Waals surface area contributed by atoms with Gasteiger partial charge in [-0.3, -0.25) is 5.10 Å². The predicted molar refractivity (Wildman–Crippen MR) is 62.1 cm³/mol. The number of nitrogens with one attached hydrogen (secondary N) is 2. The Morgan fingerprint density at radius 3 is 3.00 bits per heavy atom. The molecule has 0 bridgehead atoms. The molecule has 0 spiro atoms. The summed E-state index contributed by atoms with van der Waals surface area (Å²) >= 11 is 5.92. The normalized spacial score (nSPS) is 10.3. The summed E-state index contributed by atoms with van der Waals surface area (Å²) in [5, 5.41) is 10.8. The molecule has 1 aromatic heterocycles. The van der Waals surface area contributed by atoms with E-state index >= 15 is 0 Å². The lowest BCUT2D eigenvalue weighted by molar-refractivity contribution is 0.980. The number of hydrogen-bond donors (Lipinski definition) is 2. The Kier molecular flexibility index (Phi) is 2.92. The molecule has 0 aliphatic heterocycles. The molecule has 3 nitrogen and oxygen atoms in total. The summed E-state index contributed by atoms with van der Waals surface area (Å²) in [5.74, 6) is 0. The number of anilines is 1. The Bertz CT molecular complexity index is 437. The molecule has 0 fully saturated rings. The van der Waals surface area contributed by atoms with Crippen LogP contribution >= 0.6 is 11.6 Å². The van der Waals surface area contributed by atoms with Crippen LogP contribution in [0.3, 0.4) is 0 Å². The van der Waals surface area contributed by atoms with E-state index in [9.17, 15) is 0 Å². The van der Waals surface area contributed by atoms with Crippen molar-refractivity contribution in [2.45, 2.75) is 13.5 Å². The Morgan fingerprint density at radius 2 is 2.27 bits per heavy atom. The molecule has 2 aromatic rings. The van der Waals surface area contributed by atoms with Crippen LogP contribution in [-0.2, 0) is 6.54 Å². The molecule has 0 radical (unpaired) electrons. The van der Waals surface area contributed by atoms with Crippen LogP contribution in [0.25, 0.3) is 0 Å². The molecule has 2 N–H and O–H groups in total. The predicted octanol–water partition coefficient (Wildman–Crippen LogP) is 2.98. The fourth-order valence-electron chi connectivity index (χ4n) is 1.36. The van der Waals surface area contributed by atoms with Crippen LogP contribution in [0.15, 0.2) is 30.5 Å². The van der Waals surface area contributed by atoms with Gasteiger partial charge in [0.05, 0.1) is 12.2 Å². The first-order valence-electron chi connectivity index (χ1n) is 4.74. The fraction of sp³-hybridized carbons (Fsp3) is 0.182. The maximum Gasteiger partial charge on any atom is 0.0567 e. The molecule has 4 heteroatoms. The Balaban J connectivity index is 2.07. The number of nitrogens with zero attached hydrogens (tertiary/aromatic N) is 1. The van der Waals surface area contributed by atoms with E-state index in [1.54, 1.807) is 6.20 Å². The van der Waals surface area contributed by atoms with Crippen molar-refractivity contribution in [2.75, 3.05) is 5.32 Å². The lowest BCUT2D eigenvalue weighted by Gasteiger charge is -2.08. The summed E-state index contributed by atoms with van der Waals surface area (Å²) in [4.78, 5) is 0. The van der Waals surface area contributed by atoms with E-state index in [-0.39, 0.29) is 0 Å². The van der Waals surface area contributed by atoms with Crippen molar-refractivity contribution < 1.29 is 0 Å². The zero-order valence-electron chi connectivity index (χ0n) is 8.42. The number of rotatable bonds is 3. The van der Waals surface area contributed by atoms with E-state index in [1.165, 1.54) is 5.56 Å². The van der Waals surface area contributed by atoms with Crippen molar-refractivity contribution in [1.82, 2.24) is 10.2 Å². The van der Waals surface area contributed by atoms with Gasteiger partial charge in [0.25, 0.3) is 0 Å². The average Bonchev–Trinajstić information content (AvgIpc) is 2.72. The number of aromatic amines is 1. The molecular weight excluding hydrogens is 210 g/mol. The summed E-state index contributed by atoms with van der Waals surface area (Å²) in [5.41, 5.74) is 3.28. The second-order valence-corrected chi connectivity index (χ2v) is 3.83. The molecule has 0 saturated heterocycles. The average molecular weight is 222 g/mol. The van der Waals surface area contributed by atoms with Gasteiger partial charge in [-0.05, 0) is 30.7 Å². The molecule has 0 aliphatic rings. The summed E-state index contributed by atoms with van der Waals surface area (Å²) < 4.78 is 0. The van der Waals surface area contributed by atoms with E-state index in [0.29, 0.717) is 0 Å². The van der Waals surface area contributed by atoms with Gasteiger partial charge in [-0.1, -0.05) is 17.7 Å². The summed E-state index contributed by atoms with van der Waals surface area (Å²) in [7, 11) is 0. The van der Waals surface area contributed by atoms with Gasteiger partial charge in [-0.2, -0.15) is 5.10 Å². The van der Waals surface area contributed by atoms with Crippen LogP contribution in [0.2, 0.25) is 5.02 Å². The Labute approximate surface area is 93.5 Å². The number of benzene rings is 1. The maximum absolute atomic E-state index is 5.92. The van der Waals surface area contributed by atoms with E-state index in [0.717, 1.165) is 22.9 Å². The van der Waals surface area contributed by atoms with Crippen molar-refractivity contribution in [3.05, 3.63) is 46.7 Å². The molecule has 1 heterocycles. The van der Waals surface area contributed by atoms with Crippen molar-refractivity contribution in [3.8, 4) is 0 Å². The minimum atomic E-state index is 0.723. The first-order valence-corrected chi connectivity index (χ1v) is 5.12. The van der Waals surface area contributed by atoms with E-state index in [4.69, 9.17) is 11.6 Å². The third-order valence-electron chi connectivity index (χ3n) is 2.23. The minimum absolute atomic E-state index is 0.723. The molecule has 0 aliphatic carbocycles. The van der Waals surface area contributed by atoms with Crippen LogP contribution in [0, 0.1) is 6.92 Å². The Hall–Kier alpha value is -1.48. The zero-order valence-corrected chi connectivity index (χ0v) is 9.17. The van der Waals surface area contributed by atoms with Gasteiger partial charge in [-0.25, -0.2) is 0 Å². The number of hydrogen-bond acceptors (Lipinski definition) is 2. The number of aryl methyl sites for hydroxylation is 1. The van der Waals surface area contributed by atoms with Gasteiger partial charge in [0.1, 0.15) is 0 Å². The number of H-pyrrole nitrogens is 1. The smallest absolute Gasteiger partial charge is 0.0567 e. The van der Waals surface area contributed by atoms with Gasteiger partial charge < -0.3 is 5.32 Å². The SMILES string of the molecule is Cc1ccc(Cl)cc1NCc1ccn[nH]1. The lowest BCUT2D eigenvalue weighted by Crippen LogP contribution is -2.01. The standard InChI is InChI=1S/C11H12ClN3/c1-8-2-3-9(12)6-11(8)13-7-10-4-5-14-15-10/h2-6,13H,7H2,1H3,(H,14,15). The molecule has 2 rings (SSSR count). The van der Waals surface area contributed by atoms with Gasteiger partial charge in [-0.15, -0.1) is 0 Å². The highest BCUT2D eigenvalue weighted by molar-refractivity contribution is 6.30. The lowest BCUT2D eigenvalue weighted by atomic mass is 10.2. The topological polar surface area (TPSA) is 40.7 Å². The number of halogens is 1. The quantitative estimate of drug-likeness (QED) is 0.837. The van der Waals surface area contributed by atoms with E-state index in [1.807, 2.05) is 31.2 Å². The fourth-order valence-corrected chi connectivity index (χ4v) is 1.53. The second-order valence-electron chi connectivity index (χ2n) is 3.39. The molecule has 0 amide bonds. The van der Waals surface area contributed by atoms with Crippen molar-refractivity contribution in [2.24, 2.45) is 0 Å². The first-order chi connectivity index (χ1) is 7.25. The highest BCUT2D eigenvalue weighted by Gasteiger charge is 1.99. The van der Waals surface area contributed by atoms with Crippen LogP contribution in [0.5, 0.6) is 0 Å². The highest BCUT2D eigenvalue weighted by atomic mass is 35.5. The monoisotopic (exact) mass is 221 g/mol. The van der Waals surface area contributed by atoms with Crippen LogP contribution in [0.4, 0.5) is 5.69 Å². The first kappa shape index (κ1) is 10.1. The maximum atomic E-state index is 5.92. The van der Waals surface area contributed by atoms with Crippen LogP contribution in [-0.4, -0.2) is 10.2 Å². The van der Waals surface area contributed by atoms with Gasteiger partial charge in [0, 0.05) is 16.9 Å². The van der Waals surface area contributed by atoms with Gasteiger partial charge in [0.15, 0.2) is 0 Å². The van der Waals surface area contributed by atoms with Crippen molar-refractivity contribution in [1.29, 1.82) is 0 Å². The van der Waals surface area contributed by atoms with Gasteiger partial charge >= 0.3 is 0 Å². The van der Waals surface area contributed by atoms with Gasteiger partial charge in [0.2, 0.25) is 0 Å². The molecule has 0 atom stereocenters. The highest BCUT2D eigenvalue weighted by Crippen LogP contribution is 2.20. The molecule has 78 valence electrons. The molecule has 1 aromatic carbocycles.